The maximum absolute atomic E-state index is 15.0. The number of benzene rings is 5. The number of anilines is 4. The van der Waals surface area contributed by atoms with Crippen LogP contribution >= 0.6 is 22.9 Å². The molecule has 0 N–H and O–H groups in total. The van der Waals surface area contributed by atoms with Crippen molar-refractivity contribution in [3.8, 4) is 17.2 Å². The van der Waals surface area contributed by atoms with Gasteiger partial charge in [-0.3, -0.25) is 0 Å². The van der Waals surface area contributed by atoms with Crippen molar-refractivity contribution in [1.29, 1.82) is 5.26 Å². The minimum absolute atomic E-state index is 0.146. The van der Waals surface area contributed by atoms with Crippen LogP contribution in [-0.4, -0.2) is 29.9 Å². The number of allylic oxidation sites excluding steroid dienone is 5. The molecule has 1 aromatic heterocycles. The molecule has 0 amide bonds. The van der Waals surface area contributed by atoms with Gasteiger partial charge in [0.25, 0.3) is 5.69 Å². The molecule has 0 saturated heterocycles. The number of rotatable bonds is 11. The third-order valence-corrected chi connectivity index (χ3v) is 11.5. The van der Waals surface area contributed by atoms with Crippen molar-refractivity contribution >= 4 is 62.0 Å². The van der Waals surface area contributed by atoms with Gasteiger partial charge in [-0.15, -0.1) is 11.3 Å². The number of hydrogen-bond donors (Lipinski definition) is 0. The van der Waals surface area contributed by atoms with Crippen LogP contribution in [0.4, 0.5) is 45.3 Å². The lowest BCUT2D eigenvalue weighted by molar-refractivity contribution is -0.439. The second-order valence-electron chi connectivity index (χ2n) is 13.3. The van der Waals surface area contributed by atoms with Crippen LogP contribution in [0.5, 0.6) is 0 Å². The van der Waals surface area contributed by atoms with Gasteiger partial charge >= 0.3 is 0 Å². The van der Waals surface area contributed by atoms with Gasteiger partial charge in [0.1, 0.15) is 34.9 Å². The molecular formula is C48H38ClF4N4S+. The summed E-state index contributed by atoms with van der Waals surface area (Å²) in [5.74, 6) is -2.69. The minimum atomic E-state index is -0.673. The van der Waals surface area contributed by atoms with E-state index >= 15 is 17.6 Å². The SMILES string of the molecule is CCN(c1ccccc1)c1sc(C(=C2C=CC(=[N+](CC)c3c(F)cccc3F)C=C2)c2ccc(N(CC)c3c(F)cccc3F)cc2)c(-c2ccccc2Cl)c1C#N. The average molecular weight is 814 g/mol. The van der Waals surface area contributed by atoms with E-state index in [0.29, 0.717) is 52.7 Å². The molecule has 0 spiro atoms. The number of nitrogens with zero attached hydrogens (tertiary/aromatic N) is 4. The van der Waals surface area contributed by atoms with E-state index in [1.165, 1.54) is 47.7 Å². The Morgan fingerprint density at radius 1 is 0.672 bits per heavy atom. The average Bonchev–Trinajstić information content (AvgIpc) is 3.60. The van der Waals surface area contributed by atoms with Crippen molar-refractivity contribution < 1.29 is 22.1 Å². The van der Waals surface area contributed by atoms with Crippen molar-refractivity contribution in [2.45, 2.75) is 20.8 Å². The van der Waals surface area contributed by atoms with E-state index in [1.54, 1.807) is 15.5 Å². The lowest BCUT2D eigenvalue weighted by Crippen LogP contribution is -2.19. The summed E-state index contributed by atoms with van der Waals surface area (Å²) < 4.78 is 61.8. The van der Waals surface area contributed by atoms with Crippen molar-refractivity contribution in [1.82, 2.24) is 0 Å². The second-order valence-corrected chi connectivity index (χ2v) is 14.7. The zero-order valence-electron chi connectivity index (χ0n) is 32.0. The minimum Gasteiger partial charge on any atom is -0.337 e. The molecule has 0 radical (unpaired) electrons. The van der Waals surface area contributed by atoms with Crippen molar-refractivity contribution in [2.24, 2.45) is 0 Å². The standard InChI is InChI=1S/C48H38ClF4N4S/c1-4-55(45-39(50)18-12-19-40(45)51)34-26-22-31(23-27-34)43(32-24-28-35(29-25-32)56(5-2)46-41(52)20-13-21-42(46)53)47-44(36-16-10-11-17-38(36)49)37(30-54)48(58-47)57(6-3)33-14-8-7-9-15-33/h7-29H,4-6H2,1-3H3/q+1. The van der Waals surface area contributed by atoms with Gasteiger partial charge < -0.3 is 9.80 Å². The maximum atomic E-state index is 15.0. The van der Waals surface area contributed by atoms with Gasteiger partial charge in [-0.1, -0.05) is 72.3 Å². The number of hydrogen-bond acceptors (Lipinski definition) is 4. The lowest BCUT2D eigenvalue weighted by atomic mass is 9.90. The highest BCUT2D eigenvalue weighted by molar-refractivity contribution is 7.18. The molecule has 0 atom stereocenters. The molecule has 290 valence electrons. The van der Waals surface area contributed by atoms with Gasteiger partial charge in [-0.05, 0) is 98.7 Å². The van der Waals surface area contributed by atoms with Crippen LogP contribution in [0, 0.1) is 34.6 Å². The Labute approximate surface area is 344 Å². The topological polar surface area (TPSA) is 33.3 Å². The number of para-hydroxylation sites is 3. The predicted octanol–water partition coefficient (Wildman–Crippen LogP) is 13.5. The largest absolute Gasteiger partial charge is 0.337 e. The molecule has 10 heteroatoms. The zero-order chi connectivity index (χ0) is 40.9. The van der Waals surface area contributed by atoms with E-state index in [1.807, 2.05) is 118 Å². The Balaban J connectivity index is 1.49. The zero-order valence-corrected chi connectivity index (χ0v) is 33.6. The molecule has 4 nitrogen and oxygen atoms in total. The van der Waals surface area contributed by atoms with Gasteiger partial charge in [-0.2, -0.15) is 18.6 Å². The summed E-state index contributed by atoms with van der Waals surface area (Å²) in [7, 11) is 0. The van der Waals surface area contributed by atoms with E-state index in [-0.39, 0.29) is 11.4 Å². The molecule has 1 heterocycles. The van der Waals surface area contributed by atoms with Crippen LogP contribution in [-0.2, 0) is 0 Å². The Bertz CT molecular complexity index is 2600. The molecule has 0 bridgehead atoms. The third-order valence-electron chi connectivity index (χ3n) is 9.98. The Kier molecular flexibility index (Phi) is 12.1. The summed E-state index contributed by atoms with van der Waals surface area (Å²) in [5, 5.41) is 12.2. The first-order valence-electron chi connectivity index (χ1n) is 18.9. The molecule has 6 aromatic rings. The van der Waals surface area contributed by atoms with Gasteiger partial charge in [0.05, 0.1) is 5.56 Å². The van der Waals surface area contributed by atoms with Gasteiger partial charge in [-0.25, -0.2) is 8.78 Å². The summed E-state index contributed by atoms with van der Waals surface area (Å²) >= 11 is 8.41. The first kappa shape index (κ1) is 40.0. The summed E-state index contributed by atoms with van der Waals surface area (Å²) in [5.41, 5.74) is 5.81. The quantitative estimate of drug-likeness (QED) is 0.0965. The Morgan fingerprint density at radius 3 is 1.81 bits per heavy atom. The Hall–Kier alpha value is -6.21. The molecule has 7 rings (SSSR count). The third kappa shape index (κ3) is 7.61. The van der Waals surface area contributed by atoms with E-state index in [4.69, 9.17) is 11.6 Å². The highest BCUT2D eigenvalue weighted by Gasteiger charge is 2.30. The summed E-state index contributed by atoms with van der Waals surface area (Å²) in [6.45, 7) is 6.84. The van der Waals surface area contributed by atoms with E-state index < -0.39 is 23.3 Å². The molecule has 0 aliphatic heterocycles. The van der Waals surface area contributed by atoms with E-state index in [0.717, 1.165) is 32.3 Å². The fourth-order valence-corrected chi connectivity index (χ4v) is 9.01. The summed E-state index contributed by atoms with van der Waals surface area (Å²) in [4.78, 5) is 4.44. The molecule has 0 unspecified atom stereocenters. The summed E-state index contributed by atoms with van der Waals surface area (Å²) in [6.07, 6.45) is 7.42. The fraction of sp³-hybridized carbons (Fsp3) is 0.125. The van der Waals surface area contributed by atoms with Crippen LogP contribution in [0.1, 0.15) is 36.8 Å². The molecule has 0 saturated carbocycles. The van der Waals surface area contributed by atoms with Crippen LogP contribution in [0.3, 0.4) is 0 Å². The summed E-state index contributed by atoms with van der Waals surface area (Å²) in [6, 6.07) is 34.8. The Morgan fingerprint density at radius 2 is 1.24 bits per heavy atom. The monoisotopic (exact) mass is 813 g/mol. The first-order chi connectivity index (χ1) is 28.2. The van der Waals surface area contributed by atoms with Crippen molar-refractivity contribution in [3.05, 3.63) is 189 Å². The number of thiophene rings is 1. The van der Waals surface area contributed by atoms with Gasteiger partial charge in [0, 0.05) is 63.2 Å². The van der Waals surface area contributed by atoms with Crippen molar-refractivity contribution in [3.63, 3.8) is 0 Å². The smallest absolute Gasteiger partial charge is 0.277 e. The van der Waals surface area contributed by atoms with E-state index in [2.05, 4.69) is 11.0 Å². The lowest BCUT2D eigenvalue weighted by Gasteiger charge is -2.25. The molecule has 1 aliphatic rings. The predicted molar refractivity (Wildman–Crippen MR) is 230 cm³/mol. The first-order valence-corrected chi connectivity index (χ1v) is 20.1. The van der Waals surface area contributed by atoms with E-state index in [9.17, 15) is 5.26 Å². The molecule has 0 fully saturated rings. The van der Waals surface area contributed by atoms with Gasteiger partial charge in [0.15, 0.2) is 11.6 Å². The van der Waals surface area contributed by atoms with Crippen molar-refractivity contribution in [2.75, 3.05) is 29.4 Å². The number of nitriles is 1. The molecule has 5 aromatic carbocycles. The second kappa shape index (κ2) is 17.5. The molecule has 58 heavy (non-hydrogen) atoms. The van der Waals surface area contributed by atoms with Crippen LogP contribution < -0.4 is 9.80 Å². The van der Waals surface area contributed by atoms with Crippen LogP contribution in [0.25, 0.3) is 16.7 Å². The normalized spacial score (nSPS) is 12.1. The molecule has 1 aliphatic carbocycles. The number of halogens is 5. The van der Waals surface area contributed by atoms with Gasteiger partial charge in [0.2, 0.25) is 5.71 Å². The maximum Gasteiger partial charge on any atom is 0.277 e. The highest BCUT2D eigenvalue weighted by atomic mass is 35.5. The van der Waals surface area contributed by atoms with Crippen LogP contribution in [0.2, 0.25) is 5.02 Å². The fourth-order valence-electron chi connectivity index (χ4n) is 7.34. The highest BCUT2D eigenvalue weighted by Crippen LogP contribution is 2.51. The van der Waals surface area contributed by atoms with Crippen LogP contribution in [0.15, 0.2) is 145 Å². The molecular weight excluding hydrogens is 776 g/mol.